The van der Waals surface area contributed by atoms with Crippen molar-refractivity contribution in [3.8, 4) is 0 Å². The summed E-state index contributed by atoms with van der Waals surface area (Å²) in [7, 11) is 0. The normalized spacial score (nSPS) is 23.9. The molecule has 1 N–H and O–H groups in total. The van der Waals surface area contributed by atoms with E-state index in [0.717, 1.165) is 56.5 Å². The second-order valence-corrected chi connectivity index (χ2v) is 10.9. The molecule has 37 heavy (non-hydrogen) atoms. The van der Waals surface area contributed by atoms with Gasteiger partial charge in [0, 0.05) is 24.5 Å². The summed E-state index contributed by atoms with van der Waals surface area (Å²) in [4.78, 5) is 20.4. The molecule has 2 fully saturated rings. The van der Waals surface area contributed by atoms with Crippen LogP contribution in [-0.4, -0.2) is 56.1 Å². The van der Waals surface area contributed by atoms with Gasteiger partial charge in [0.2, 0.25) is 0 Å². The number of carbonyl (C=O) groups is 1. The van der Waals surface area contributed by atoms with Gasteiger partial charge in [-0.05, 0) is 50.4 Å². The van der Waals surface area contributed by atoms with Crippen LogP contribution < -0.4 is 10.2 Å². The van der Waals surface area contributed by atoms with E-state index in [0.29, 0.717) is 30.7 Å². The lowest BCUT2D eigenvalue weighted by molar-refractivity contribution is 0.0891. The Morgan fingerprint density at radius 1 is 1.14 bits per heavy atom. The Hall–Kier alpha value is -3.08. The molecule has 5 heterocycles. The number of amides is 1. The summed E-state index contributed by atoms with van der Waals surface area (Å²) in [5.41, 5.74) is 1.35. The summed E-state index contributed by atoms with van der Waals surface area (Å²) in [6, 6.07) is 0.330. The summed E-state index contributed by atoms with van der Waals surface area (Å²) in [5.74, 6) is 1.59. The molecule has 198 valence electrons. The second kappa shape index (κ2) is 9.66. The number of hydrogen-bond donors (Lipinski definition) is 1. The topological polar surface area (TPSA) is 89.6 Å². The minimum Gasteiger partial charge on any atom is -0.377 e. The zero-order valence-electron chi connectivity index (χ0n) is 21.2. The standard InChI is InChI=1S/C26H33F2N7O2/c1-15(2)16-3-6-18(7-4-16)34-13-21(22(32-34)23(27)28)30-26(36)20-11-29-35-12-17-5-8-19-14-37-10-9-33(19)24(17)31-25(20)35/h11-13,15-16,18-19,23H,3-10,14H2,1-2H3,(H,30,36). The minimum atomic E-state index is -2.80. The van der Waals surface area contributed by atoms with Crippen molar-refractivity contribution in [3.05, 3.63) is 35.4 Å². The fourth-order valence-electron chi connectivity index (χ4n) is 6.09. The second-order valence-electron chi connectivity index (χ2n) is 10.9. The van der Waals surface area contributed by atoms with E-state index in [-0.39, 0.29) is 23.3 Å². The van der Waals surface area contributed by atoms with Crippen LogP contribution >= 0.6 is 0 Å². The molecule has 9 nitrogen and oxygen atoms in total. The predicted molar refractivity (Wildman–Crippen MR) is 134 cm³/mol. The number of hydrogen-bond acceptors (Lipinski definition) is 6. The highest BCUT2D eigenvalue weighted by Gasteiger charge is 2.32. The number of carbonyl (C=O) groups excluding carboxylic acids is 1. The number of aryl methyl sites for hydroxylation is 1. The first-order chi connectivity index (χ1) is 17.9. The summed E-state index contributed by atoms with van der Waals surface area (Å²) < 4.78 is 36.6. The van der Waals surface area contributed by atoms with Gasteiger partial charge in [0.25, 0.3) is 12.3 Å². The highest BCUT2D eigenvalue weighted by Crippen LogP contribution is 2.37. The third kappa shape index (κ3) is 4.47. The summed E-state index contributed by atoms with van der Waals surface area (Å²) in [6.45, 7) is 6.50. The summed E-state index contributed by atoms with van der Waals surface area (Å²) >= 11 is 0. The largest absolute Gasteiger partial charge is 0.377 e. The fourth-order valence-corrected chi connectivity index (χ4v) is 6.09. The Bertz CT molecular complexity index is 1300. The Morgan fingerprint density at radius 3 is 2.70 bits per heavy atom. The lowest BCUT2D eigenvalue weighted by atomic mass is 9.80. The van der Waals surface area contributed by atoms with E-state index in [1.807, 2.05) is 6.20 Å². The van der Waals surface area contributed by atoms with E-state index >= 15 is 0 Å². The zero-order chi connectivity index (χ0) is 25.7. The van der Waals surface area contributed by atoms with E-state index < -0.39 is 18.0 Å². The molecule has 1 amide bonds. The molecule has 0 radical (unpaired) electrons. The van der Waals surface area contributed by atoms with E-state index in [4.69, 9.17) is 9.72 Å². The highest BCUT2D eigenvalue weighted by atomic mass is 19.3. The van der Waals surface area contributed by atoms with Crippen LogP contribution in [0.15, 0.2) is 18.6 Å². The first kappa shape index (κ1) is 24.3. The molecule has 0 bridgehead atoms. The maximum Gasteiger partial charge on any atom is 0.284 e. The molecule has 3 aromatic rings. The number of rotatable bonds is 5. The Balaban J connectivity index is 1.26. The van der Waals surface area contributed by atoms with Crippen LogP contribution in [0.25, 0.3) is 5.65 Å². The Kier molecular flexibility index (Phi) is 6.34. The molecule has 1 saturated heterocycles. The first-order valence-corrected chi connectivity index (χ1v) is 13.3. The van der Waals surface area contributed by atoms with Crippen LogP contribution in [0.3, 0.4) is 0 Å². The predicted octanol–water partition coefficient (Wildman–Crippen LogP) is 4.65. The summed E-state index contributed by atoms with van der Waals surface area (Å²) in [5, 5.41) is 11.2. The van der Waals surface area contributed by atoms with E-state index in [2.05, 4.69) is 34.3 Å². The molecule has 1 saturated carbocycles. The van der Waals surface area contributed by atoms with Gasteiger partial charge in [-0.2, -0.15) is 10.2 Å². The van der Waals surface area contributed by atoms with Crippen molar-refractivity contribution >= 4 is 23.1 Å². The summed E-state index contributed by atoms with van der Waals surface area (Å²) in [6.07, 6.45) is 7.85. The van der Waals surface area contributed by atoms with Crippen LogP contribution in [0, 0.1) is 11.8 Å². The maximum absolute atomic E-state index is 13.9. The Morgan fingerprint density at radius 2 is 1.95 bits per heavy atom. The van der Waals surface area contributed by atoms with Crippen molar-refractivity contribution in [1.82, 2.24) is 24.4 Å². The molecule has 11 heteroatoms. The molecule has 6 rings (SSSR count). The maximum atomic E-state index is 13.9. The van der Waals surface area contributed by atoms with Crippen molar-refractivity contribution in [2.45, 2.75) is 70.9 Å². The van der Waals surface area contributed by atoms with Gasteiger partial charge in [0.15, 0.2) is 11.3 Å². The lowest BCUT2D eigenvalue weighted by Gasteiger charge is -2.40. The van der Waals surface area contributed by atoms with Gasteiger partial charge in [-0.25, -0.2) is 18.3 Å². The van der Waals surface area contributed by atoms with E-state index in [1.54, 1.807) is 15.4 Å². The van der Waals surface area contributed by atoms with Gasteiger partial charge >= 0.3 is 0 Å². The van der Waals surface area contributed by atoms with Gasteiger partial charge < -0.3 is 15.0 Å². The first-order valence-electron chi connectivity index (χ1n) is 13.3. The number of nitrogens with zero attached hydrogens (tertiary/aromatic N) is 6. The number of anilines is 2. The molecule has 3 aliphatic rings. The van der Waals surface area contributed by atoms with Gasteiger partial charge in [-0.3, -0.25) is 9.48 Å². The molecule has 2 aliphatic heterocycles. The SMILES string of the molecule is CC(C)C1CCC(n2cc(NC(=O)c3cnn4cc5c(nc34)N3CCOCC3CC5)c(C(F)F)n2)CC1. The van der Waals surface area contributed by atoms with Crippen LogP contribution in [0.5, 0.6) is 0 Å². The third-order valence-electron chi connectivity index (χ3n) is 8.31. The molecular formula is C26H33F2N7O2. The Labute approximate surface area is 214 Å². The number of ether oxygens (including phenoxy) is 1. The van der Waals surface area contributed by atoms with E-state index in [9.17, 15) is 13.6 Å². The van der Waals surface area contributed by atoms with Gasteiger partial charge in [0.1, 0.15) is 11.4 Å². The van der Waals surface area contributed by atoms with Crippen molar-refractivity contribution in [2.24, 2.45) is 11.8 Å². The van der Waals surface area contributed by atoms with Crippen molar-refractivity contribution in [1.29, 1.82) is 0 Å². The molecular weight excluding hydrogens is 480 g/mol. The number of nitrogens with one attached hydrogen (secondary N) is 1. The number of morpholine rings is 1. The van der Waals surface area contributed by atoms with Gasteiger partial charge in [-0.15, -0.1) is 0 Å². The average molecular weight is 514 g/mol. The van der Waals surface area contributed by atoms with Gasteiger partial charge in [0.05, 0.1) is 37.2 Å². The van der Waals surface area contributed by atoms with E-state index in [1.165, 1.54) is 6.20 Å². The number of alkyl halides is 2. The van der Waals surface area contributed by atoms with Crippen LogP contribution in [0.2, 0.25) is 0 Å². The van der Waals surface area contributed by atoms with Gasteiger partial charge in [-0.1, -0.05) is 13.8 Å². The number of fused-ring (bicyclic) bond motifs is 4. The molecule has 1 aliphatic carbocycles. The minimum absolute atomic E-state index is 0.0385. The third-order valence-corrected chi connectivity index (χ3v) is 8.31. The monoisotopic (exact) mass is 513 g/mol. The quantitative estimate of drug-likeness (QED) is 0.534. The number of halogens is 2. The molecule has 0 spiro atoms. The van der Waals surface area contributed by atoms with Crippen molar-refractivity contribution in [3.63, 3.8) is 0 Å². The molecule has 3 aromatic heterocycles. The number of aromatic nitrogens is 5. The smallest absolute Gasteiger partial charge is 0.284 e. The van der Waals surface area contributed by atoms with Crippen molar-refractivity contribution < 1.29 is 18.3 Å². The lowest BCUT2D eigenvalue weighted by Crippen LogP contribution is -2.48. The highest BCUT2D eigenvalue weighted by molar-refractivity contribution is 6.08. The average Bonchev–Trinajstić information content (AvgIpc) is 3.51. The molecule has 1 atom stereocenters. The fraction of sp³-hybridized carbons (Fsp3) is 0.615. The zero-order valence-corrected chi connectivity index (χ0v) is 21.2. The van der Waals surface area contributed by atoms with Crippen molar-refractivity contribution in [2.75, 3.05) is 30.0 Å². The molecule has 0 aromatic carbocycles. The van der Waals surface area contributed by atoms with Crippen LogP contribution in [0.1, 0.15) is 80.0 Å². The van der Waals surface area contributed by atoms with Crippen LogP contribution in [0.4, 0.5) is 20.3 Å². The van der Waals surface area contributed by atoms with Crippen LogP contribution in [-0.2, 0) is 11.2 Å². The molecule has 1 unspecified atom stereocenters.